The van der Waals surface area contributed by atoms with Crippen LogP contribution in [-0.4, -0.2) is 35.9 Å². The number of hydrogen-bond acceptors (Lipinski definition) is 5. The molecule has 0 radical (unpaired) electrons. The lowest BCUT2D eigenvalue weighted by molar-refractivity contribution is -0.141. The molecule has 0 bridgehead atoms. The van der Waals surface area contributed by atoms with E-state index in [4.69, 9.17) is 4.42 Å². The first-order chi connectivity index (χ1) is 11.6. The standard InChI is InChI=1S/C16H15F3N2O4/c1-9-12(15(23)24-3)6-11(25-9)8-21(2)14(22)10-4-5-13(20-7-10)16(17,18)19/h4-7H,8H2,1-3H3. The average molecular weight is 356 g/mol. The summed E-state index contributed by atoms with van der Waals surface area (Å²) in [4.78, 5) is 28.3. The van der Waals surface area contributed by atoms with Crippen molar-refractivity contribution in [2.45, 2.75) is 19.6 Å². The van der Waals surface area contributed by atoms with E-state index in [0.29, 0.717) is 11.5 Å². The number of ether oxygens (including phenoxy) is 1. The van der Waals surface area contributed by atoms with Crippen LogP contribution in [0.15, 0.2) is 28.8 Å². The van der Waals surface area contributed by atoms with Crippen molar-refractivity contribution >= 4 is 11.9 Å². The fourth-order valence-corrected chi connectivity index (χ4v) is 2.15. The number of pyridine rings is 1. The third kappa shape index (κ3) is 4.17. The Morgan fingerprint density at radius 3 is 2.52 bits per heavy atom. The number of furan rings is 1. The fraction of sp³-hybridized carbons (Fsp3) is 0.312. The van der Waals surface area contributed by atoms with Crippen molar-refractivity contribution in [1.82, 2.24) is 9.88 Å². The first-order valence-electron chi connectivity index (χ1n) is 7.09. The van der Waals surface area contributed by atoms with Crippen molar-refractivity contribution in [2.24, 2.45) is 0 Å². The Labute approximate surface area is 141 Å². The smallest absolute Gasteiger partial charge is 0.433 e. The topological polar surface area (TPSA) is 72.6 Å². The molecule has 0 spiro atoms. The molecular weight excluding hydrogens is 341 g/mol. The molecule has 0 N–H and O–H groups in total. The first kappa shape index (κ1) is 18.5. The number of hydrogen-bond donors (Lipinski definition) is 0. The predicted molar refractivity (Wildman–Crippen MR) is 79.8 cm³/mol. The Hall–Kier alpha value is -2.84. The van der Waals surface area contributed by atoms with Gasteiger partial charge in [0, 0.05) is 13.2 Å². The van der Waals surface area contributed by atoms with E-state index >= 15 is 0 Å². The molecular formula is C16H15F3N2O4. The van der Waals surface area contributed by atoms with Gasteiger partial charge in [-0.2, -0.15) is 13.2 Å². The summed E-state index contributed by atoms with van der Waals surface area (Å²) in [6, 6.07) is 3.26. The van der Waals surface area contributed by atoms with Crippen LogP contribution in [0, 0.1) is 6.92 Å². The summed E-state index contributed by atoms with van der Waals surface area (Å²) in [5.41, 5.74) is -0.822. The SMILES string of the molecule is COC(=O)c1cc(CN(C)C(=O)c2ccc(C(F)(F)F)nc2)oc1C. The number of carbonyl (C=O) groups excluding carboxylic acids is 2. The molecule has 1 amide bonds. The Balaban J connectivity index is 2.11. The average Bonchev–Trinajstić information content (AvgIpc) is 2.93. The Kier molecular flexibility index (Phi) is 5.15. The van der Waals surface area contributed by atoms with Gasteiger partial charge in [-0.1, -0.05) is 0 Å². The van der Waals surface area contributed by atoms with Gasteiger partial charge in [0.15, 0.2) is 0 Å². The monoisotopic (exact) mass is 356 g/mol. The summed E-state index contributed by atoms with van der Waals surface area (Å²) in [5, 5.41) is 0. The van der Waals surface area contributed by atoms with Gasteiger partial charge in [0.1, 0.15) is 22.8 Å². The van der Waals surface area contributed by atoms with Gasteiger partial charge >= 0.3 is 12.1 Å². The molecule has 2 aromatic heterocycles. The van der Waals surface area contributed by atoms with Gasteiger partial charge in [-0.15, -0.1) is 0 Å². The van der Waals surface area contributed by atoms with Gasteiger partial charge in [-0.3, -0.25) is 9.78 Å². The molecule has 25 heavy (non-hydrogen) atoms. The molecule has 2 heterocycles. The van der Waals surface area contributed by atoms with Gasteiger partial charge in [0.05, 0.1) is 19.2 Å². The zero-order valence-corrected chi connectivity index (χ0v) is 13.7. The van der Waals surface area contributed by atoms with Crippen LogP contribution in [0.1, 0.15) is 37.9 Å². The lowest BCUT2D eigenvalue weighted by atomic mass is 10.2. The van der Waals surface area contributed by atoms with Crippen LogP contribution in [0.5, 0.6) is 0 Å². The van der Waals surface area contributed by atoms with E-state index in [1.54, 1.807) is 6.92 Å². The predicted octanol–water partition coefficient (Wildman–Crippen LogP) is 3.06. The van der Waals surface area contributed by atoms with Crippen molar-refractivity contribution in [3.8, 4) is 0 Å². The van der Waals surface area contributed by atoms with Crippen LogP contribution in [-0.2, 0) is 17.5 Å². The fourth-order valence-electron chi connectivity index (χ4n) is 2.15. The van der Waals surface area contributed by atoms with Crippen molar-refractivity contribution in [3.63, 3.8) is 0 Å². The van der Waals surface area contributed by atoms with E-state index in [-0.39, 0.29) is 17.7 Å². The molecule has 0 aliphatic rings. The van der Waals surface area contributed by atoms with Crippen LogP contribution in [0.4, 0.5) is 13.2 Å². The van der Waals surface area contributed by atoms with Crippen molar-refractivity contribution in [3.05, 3.63) is 52.7 Å². The molecule has 0 fully saturated rings. The Bertz CT molecular complexity index is 782. The van der Waals surface area contributed by atoms with Crippen molar-refractivity contribution in [2.75, 3.05) is 14.2 Å². The van der Waals surface area contributed by atoms with E-state index < -0.39 is 23.7 Å². The molecule has 6 nitrogen and oxygen atoms in total. The molecule has 2 rings (SSSR count). The summed E-state index contributed by atoms with van der Waals surface area (Å²) in [6.07, 6.45) is -3.70. The van der Waals surface area contributed by atoms with E-state index in [1.165, 1.54) is 25.1 Å². The van der Waals surface area contributed by atoms with Crippen molar-refractivity contribution < 1.29 is 31.9 Å². The van der Waals surface area contributed by atoms with Gasteiger partial charge in [0.25, 0.3) is 5.91 Å². The van der Waals surface area contributed by atoms with Gasteiger partial charge in [0.2, 0.25) is 0 Å². The molecule has 0 aliphatic carbocycles. The summed E-state index contributed by atoms with van der Waals surface area (Å²) >= 11 is 0. The van der Waals surface area contributed by atoms with Crippen LogP contribution in [0.2, 0.25) is 0 Å². The van der Waals surface area contributed by atoms with Crippen molar-refractivity contribution in [1.29, 1.82) is 0 Å². The normalized spacial score (nSPS) is 11.3. The van der Waals surface area contributed by atoms with E-state index in [9.17, 15) is 22.8 Å². The number of nitrogens with zero attached hydrogens (tertiary/aromatic N) is 2. The number of amides is 1. The highest BCUT2D eigenvalue weighted by atomic mass is 19.4. The highest BCUT2D eigenvalue weighted by Gasteiger charge is 2.32. The van der Waals surface area contributed by atoms with Gasteiger partial charge < -0.3 is 14.1 Å². The molecule has 0 aromatic carbocycles. The number of carbonyl (C=O) groups is 2. The molecule has 9 heteroatoms. The number of aromatic nitrogens is 1. The number of esters is 1. The highest BCUT2D eigenvalue weighted by Crippen LogP contribution is 2.27. The number of halogens is 3. The molecule has 2 aromatic rings. The van der Waals surface area contributed by atoms with Gasteiger partial charge in [-0.05, 0) is 25.1 Å². The number of rotatable bonds is 4. The van der Waals surface area contributed by atoms with Crippen LogP contribution >= 0.6 is 0 Å². The second kappa shape index (κ2) is 6.96. The third-order valence-electron chi connectivity index (χ3n) is 3.41. The zero-order chi connectivity index (χ0) is 18.8. The lowest BCUT2D eigenvalue weighted by Gasteiger charge is -2.16. The lowest BCUT2D eigenvalue weighted by Crippen LogP contribution is -2.26. The van der Waals surface area contributed by atoms with Crippen LogP contribution < -0.4 is 0 Å². The van der Waals surface area contributed by atoms with E-state index in [1.807, 2.05) is 0 Å². The van der Waals surface area contributed by atoms with E-state index in [2.05, 4.69) is 9.72 Å². The van der Waals surface area contributed by atoms with Crippen LogP contribution in [0.3, 0.4) is 0 Å². The second-order valence-electron chi connectivity index (χ2n) is 5.27. The Morgan fingerprint density at radius 1 is 1.32 bits per heavy atom. The summed E-state index contributed by atoms with van der Waals surface area (Å²) in [5.74, 6) is -0.407. The summed E-state index contributed by atoms with van der Waals surface area (Å²) in [7, 11) is 2.69. The minimum atomic E-state index is -4.57. The van der Waals surface area contributed by atoms with Gasteiger partial charge in [-0.25, -0.2) is 4.79 Å². The number of aryl methyl sites for hydroxylation is 1. The minimum absolute atomic E-state index is 0.00645. The maximum absolute atomic E-state index is 12.5. The summed E-state index contributed by atoms with van der Waals surface area (Å²) < 4.78 is 47.5. The third-order valence-corrected chi connectivity index (χ3v) is 3.41. The number of methoxy groups -OCH3 is 1. The van der Waals surface area contributed by atoms with Crippen LogP contribution in [0.25, 0.3) is 0 Å². The maximum atomic E-state index is 12.5. The molecule has 134 valence electrons. The largest absolute Gasteiger partial charge is 0.465 e. The molecule has 0 aliphatic heterocycles. The molecule has 0 unspecified atom stereocenters. The summed E-state index contributed by atoms with van der Waals surface area (Å²) in [6.45, 7) is 1.61. The zero-order valence-electron chi connectivity index (χ0n) is 13.7. The quantitative estimate of drug-likeness (QED) is 0.788. The second-order valence-corrected chi connectivity index (χ2v) is 5.27. The maximum Gasteiger partial charge on any atom is 0.433 e. The highest BCUT2D eigenvalue weighted by molar-refractivity contribution is 5.94. The minimum Gasteiger partial charge on any atom is -0.465 e. The first-order valence-corrected chi connectivity index (χ1v) is 7.09. The number of alkyl halides is 3. The molecule has 0 saturated carbocycles. The van der Waals surface area contributed by atoms with E-state index in [0.717, 1.165) is 18.3 Å². The Morgan fingerprint density at radius 2 is 2.00 bits per heavy atom. The molecule has 0 atom stereocenters. The molecule has 0 saturated heterocycles.